The monoisotopic (exact) mass is 515 g/mol. The summed E-state index contributed by atoms with van der Waals surface area (Å²) < 4.78 is 4.69. The quantitative estimate of drug-likeness (QED) is 0.204. The zero-order valence-corrected chi connectivity index (χ0v) is 22.8. The molecule has 0 atom stereocenters. The summed E-state index contributed by atoms with van der Waals surface area (Å²) >= 11 is 0. The second-order valence-electron chi connectivity index (χ2n) is 9.97. The fourth-order valence-corrected chi connectivity index (χ4v) is 4.09. The number of hydrogen-bond acceptors (Lipinski definition) is 6. The fourth-order valence-electron chi connectivity index (χ4n) is 4.09. The molecule has 0 aliphatic carbocycles. The Morgan fingerprint density at radius 3 is 1.87 bits per heavy atom. The van der Waals surface area contributed by atoms with Crippen LogP contribution in [0.1, 0.15) is 85.0 Å². The van der Waals surface area contributed by atoms with Crippen LogP contribution < -0.4 is 5.32 Å². The molecule has 0 saturated carbocycles. The van der Waals surface area contributed by atoms with Gasteiger partial charge in [0.05, 0.1) is 24.0 Å². The molecule has 3 aromatic rings. The molecule has 0 aliphatic rings. The summed E-state index contributed by atoms with van der Waals surface area (Å²) in [5, 5.41) is 22.0. The van der Waals surface area contributed by atoms with Crippen LogP contribution in [0.5, 0.6) is 5.75 Å². The van der Waals surface area contributed by atoms with Crippen molar-refractivity contribution in [3.8, 4) is 5.75 Å². The standard InChI is InChI=1S/C31H37N3O4/c1-20(2)27-17-23(18-28(21(3)4)30(27)36)7-6-8-29(35)32-19-22-9-13-25(14-10-22)33-34-26-15-11-24(12-16-26)31(37)38-5/h9-18,20-21,36H,6-8,19H2,1-5H3,(H,32,35). The van der Waals surface area contributed by atoms with Crippen LogP contribution in [0, 0.1) is 0 Å². The maximum absolute atomic E-state index is 12.4. The third kappa shape index (κ3) is 8.00. The molecule has 7 heteroatoms. The number of nitrogens with one attached hydrogen (secondary N) is 1. The van der Waals surface area contributed by atoms with E-state index in [1.54, 1.807) is 24.3 Å². The Bertz CT molecular complexity index is 1230. The lowest BCUT2D eigenvalue weighted by atomic mass is 9.90. The maximum Gasteiger partial charge on any atom is 0.337 e. The Morgan fingerprint density at radius 1 is 0.842 bits per heavy atom. The van der Waals surface area contributed by atoms with E-state index in [1.165, 1.54) is 7.11 Å². The first kappa shape index (κ1) is 28.6. The minimum absolute atomic E-state index is 0.0103. The lowest BCUT2D eigenvalue weighted by molar-refractivity contribution is -0.121. The van der Waals surface area contributed by atoms with Gasteiger partial charge in [-0.05, 0) is 83.3 Å². The number of aromatic hydroxyl groups is 1. The second kappa shape index (κ2) is 13.5. The number of phenolic OH excluding ortho intramolecular Hbond substituents is 1. The highest BCUT2D eigenvalue weighted by molar-refractivity contribution is 5.89. The normalized spacial score (nSPS) is 11.3. The zero-order valence-electron chi connectivity index (χ0n) is 22.8. The van der Waals surface area contributed by atoms with Crippen molar-refractivity contribution in [1.82, 2.24) is 5.32 Å². The Morgan fingerprint density at radius 2 is 1.37 bits per heavy atom. The van der Waals surface area contributed by atoms with Crippen LogP contribution in [0.25, 0.3) is 0 Å². The molecule has 7 nitrogen and oxygen atoms in total. The highest BCUT2D eigenvalue weighted by atomic mass is 16.5. The van der Waals surface area contributed by atoms with E-state index in [9.17, 15) is 14.7 Å². The predicted molar refractivity (Wildman–Crippen MR) is 149 cm³/mol. The number of amides is 1. The van der Waals surface area contributed by atoms with Gasteiger partial charge in [0.2, 0.25) is 5.91 Å². The molecular formula is C31H37N3O4. The van der Waals surface area contributed by atoms with Gasteiger partial charge in [-0.1, -0.05) is 52.0 Å². The molecule has 0 fully saturated rings. The average Bonchev–Trinajstić information content (AvgIpc) is 2.91. The molecule has 1 amide bonds. The van der Waals surface area contributed by atoms with Gasteiger partial charge in [-0.25, -0.2) is 4.79 Å². The zero-order chi connectivity index (χ0) is 27.7. The van der Waals surface area contributed by atoms with Gasteiger partial charge in [0.1, 0.15) is 5.75 Å². The Kier molecular flexibility index (Phi) is 10.2. The third-order valence-corrected chi connectivity index (χ3v) is 6.34. The van der Waals surface area contributed by atoms with Crippen LogP contribution >= 0.6 is 0 Å². The van der Waals surface area contributed by atoms with E-state index < -0.39 is 5.97 Å². The summed E-state index contributed by atoms with van der Waals surface area (Å²) in [7, 11) is 1.34. The maximum atomic E-state index is 12.4. The van der Waals surface area contributed by atoms with Gasteiger partial charge in [-0.15, -0.1) is 0 Å². The van der Waals surface area contributed by atoms with Crippen molar-refractivity contribution in [3.63, 3.8) is 0 Å². The molecular weight excluding hydrogens is 478 g/mol. The number of ether oxygens (including phenoxy) is 1. The van der Waals surface area contributed by atoms with Crippen LogP contribution in [0.15, 0.2) is 70.9 Å². The van der Waals surface area contributed by atoms with Crippen molar-refractivity contribution in [2.45, 2.75) is 65.3 Å². The number of azo groups is 1. The first-order chi connectivity index (χ1) is 18.2. The van der Waals surface area contributed by atoms with Crippen molar-refractivity contribution >= 4 is 23.3 Å². The van der Waals surface area contributed by atoms with Crippen molar-refractivity contribution in [1.29, 1.82) is 0 Å². The minimum atomic E-state index is -0.394. The summed E-state index contributed by atoms with van der Waals surface area (Å²) in [6, 6.07) is 18.3. The van der Waals surface area contributed by atoms with E-state index in [2.05, 4.69) is 60.1 Å². The van der Waals surface area contributed by atoms with Crippen molar-refractivity contribution in [2.75, 3.05) is 7.11 Å². The largest absolute Gasteiger partial charge is 0.507 e. The molecule has 0 aliphatic heterocycles. The van der Waals surface area contributed by atoms with Gasteiger partial charge in [-0.3, -0.25) is 4.79 Å². The van der Waals surface area contributed by atoms with Gasteiger partial charge in [-0.2, -0.15) is 10.2 Å². The van der Waals surface area contributed by atoms with Crippen molar-refractivity contribution in [2.24, 2.45) is 10.2 Å². The third-order valence-electron chi connectivity index (χ3n) is 6.34. The summed E-state index contributed by atoms with van der Waals surface area (Å²) in [6.07, 6.45) is 1.97. The van der Waals surface area contributed by atoms with E-state index in [-0.39, 0.29) is 17.7 Å². The summed E-state index contributed by atoms with van der Waals surface area (Å²) in [6.45, 7) is 8.77. The first-order valence-corrected chi connectivity index (χ1v) is 13.0. The SMILES string of the molecule is COC(=O)c1ccc(N=Nc2ccc(CNC(=O)CCCc3cc(C(C)C)c(O)c(C(C)C)c3)cc2)cc1. The van der Waals surface area contributed by atoms with Crippen LogP contribution in [0.4, 0.5) is 11.4 Å². The van der Waals surface area contributed by atoms with E-state index >= 15 is 0 Å². The molecule has 3 aromatic carbocycles. The molecule has 0 heterocycles. The first-order valence-electron chi connectivity index (χ1n) is 13.0. The molecule has 0 unspecified atom stereocenters. The summed E-state index contributed by atoms with van der Waals surface area (Å²) in [5.41, 5.74) is 5.84. The van der Waals surface area contributed by atoms with Gasteiger partial charge < -0.3 is 15.2 Å². The average molecular weight is 516 g/mol. The Balaban J connectivity index is 1.47. The number of carbonyl (C=O) groups excluding carboxylic acids is 2. The van der Waals surface area contributed by atoms with E-state index in [0.29, 0.717) is 35.7 Å². The molecule has 0 spiro atoms. The van der Waals surface area contributed by atoms with E-state index in [4.69, 9.17) is 0 Å². The molecule has 2 N–H and O–H groups in total. The number of rotatable bonds is 11. The van der Waals surface area contributed by atoms with Crippen molar-refractivity contribution < 1.29 is 19.4 Å². The fraction of sp³-hybridized carbons (Fsp3) is 0.355. The van der Waals surface area contributed by atoms with Crippen LogP contribution in [-0.4, -0.2) is 24.1 Å². The summed E-state index contributed by atoms with van der Waals surface area (Å²) in [5.74, 6) is 0.495. The molecule has 0 bridgehead atoms. The number of methoxy groups -OCH3 is 1. The second-order valence-corrected chi connectivity index (χ2v) is 9.97. The highest BCUT2D eigenvalue weighted by Crippen LogP contribution is 2.35. The number of hydrogen-bond donors (Lipinski definition) is 2. The predicted octanol–water partition coefficient (Wildman–Crippen LogP) is 7.48. The summed E-state index contributed by atoms with van der Waals surface area (Å²) in [4.78, 5) is 23.9. The minimum Gasteiger partial charge on any atom is -0.507 e. The van der Waals surface area contributed by atoms with Gasteiger partial charge in [0.15, 0.2) is 0 Å². The number of nitrogens with zero attached hydrogens (tertiary/aromatic N) is 2. The van der Waals surface area contributed by atoms with E-state index in [1.807, 2.05) is 24.3 Å². The van der Waals surface area contributed by atoms with Crippen LogP contribution in [0.3, 0.4) is 0 Å². The van der Waals surface area contributed by atoms with Gasteiger partial charge in [0.25, 0.3) is 0 Å². The van der Waals surface area contributed by atoms with Gasteiger partial charge in [0, 0.05) is 13.0 Å². The topological polar surface area (TPSA) is 100 Å². The number of phenols is 1. The molecule has 38 heavy (non-hydrogen) atoms. The van der Waals surface area contributed by atoms with Crippen LogP contribution in [0.2, 0.25) is 0 Å². The highest BCUT2D eigenvalue weighted by Gasteiger charge is 2.15. The smallest absolute Gasteiger partial charge is 0.337 e. The molecule has 3 rings (SSSR count). The number of esters is 1. The molecule has 200 valence electrons. The molecule has 0 saturated heterocycles. The van der Waals surface area contributed by atoms with E-state index in [0.717, 1.165) is 35.1 Å². The van der Waals surface area contributed by atoms with Gasteiger partial charge >= 0.3 is 5.97 Å². The molecule has 0 aromatic heterocycles. The number of aryl methyl sites for hydroxylation is 1. The Labute approximate surface area is 225 Å². The lowest BCUT2D eigenvalue weighted by Crippen LogP contribution is -2.22. The van der Waals surface area contributed by atoms with Crippen LogP contribution in [-0.2, 0) is 22.5 Å². The number of benzene rings is 3. The number of carbonyl (C=O) groups is 2. The Hall–Kier alpha value is -4.00. The lowest BCUT2D eigenvalue weighted by Gasteiger charge is -2.17. The molecule has 0 radical (unpaired) electrons. The van der Waals surface area contributed by atoms with Crippen molar-refractivity contribution in [3.05, 3.63) is 88.5 Å².